The molecule has 6 nitrogen and oxygen atoms in total. The van der Waals surface area contributed by atoms with Gasteiger partial charge < -0.3 is 9.13 Å². The van der Waals surface area contributed by atoms with E-state index in [1.165, 1.54) is 27.1 Å². The fourth-order valence-electron chi connectivity index (χ4n) is 9.66. The van der Waals surface area contributed by atoms with Crippen molar-refractivity contribution in [3.63, 3.8) is 0 Å². The molecule has 8 aromatic carbocycles. The maximum absolute atomic E-state index is 5.24. The summed E-state index contributed by atoms with van der Waals surface area (Å²) in [5.74, 6) is 1.52. The van der Waals surface area contributed by atoms with Gasteiger partial charge in [0.2, 0.25) is 0 Å². The average Bonchev–Trinajstić information content (AvgIpc) is 4.00. The van der Waals surface area contributed by atoms with Crippen LogP contribution in [-0.2, 0) is 0 Å². The molecule has 0 aliphatic heterocycles. The Hall–Kier alpha value is -8.61. The van der Waals surface area contributed by atoms with Crippen LogP contribution in [0.3, 0.4) is 0 Å². The fraction of sp³-hybridized carbons (Fsp3) is 0. The Labute approximate surface area is 362 Å². The third kappa shape index (κ3) is 5.55. The molecule has 0 spiro atoms. The second-order valence-electron chi connectivity index (χ2n) is 16.1. The van der Waals surface area contributed by atoms with E-state index in [0.717, 1.165) is 83.6 Å². The number of benzene rings is 8. The van der Waals surface area contributed by atoms with Gasteiger partial charge in [0.15, 0.2) is 5.82 Å². The molecule has 0 aliphatic rings. The van der Waals surface area contributed by atoms with E-state index >= 15 is 0 Å². The van der Waals surface area contributed by atoms with Crippen LogP contribution in [0.5, 0.6) is 0 Å². The van der Waals surface area contributed by atoms with Crippen molar-refractivity contribution in [2.75, 3.05) is 0 Å². The molecule has 0 fully saturated rings. The summed E-state index contributed by atoms with van der Waals surface area (Å²) in [5, 5.41) is 5.94. The van der Waals surface area contributed by atoms with E-state index in [4.69, 9.17) is 15.0 Å². The maximum Gasteiger partial charge on any atom is 0.162 e. The van der Waals surface area contributed by atoms with Crippen molar-refractivity contribution in [1.29, 1.82) is 0 Å². The molecule has 0 N–H and O–H groups in total. The Morgan fingerprint density at radius 2 is 0.825 bits per heavy atom. The number of hydrogen-bond donors (Lipinski definition) is 0. The fourth-order valence-corrected chi connectivity index (χ4v) is 9.66. The molecular formula is C57H36N6. The number of fused-ring (bicyclic) bond motifs is 9. The summed E-state index contributed by atoms with van der Waals surface area (Å²) in [6, 6.07) is 75.4. The number of para-hydroxylation sites is 3. The van der Waals surface area contributed by atoms with Crippen LogP contribution < -0.4 is 0 Å². The van der Waals surface area contributed by atoms with Crippen molar-refractivity contribution < 1.29 is 0 Å². The van der Waals surface area contributed by atoms with Crippen LogP contribution in [-0.4, -0.2) is 28.7 Å². The zero-order chi connectivity index (χ0) is 41.4. The Kier molecular flexibility index (Phi) is 7.80. The summed E-state index contributed by atoms with van der Waals surface area (Å²) in [5.41, 5.74) is 15.2. The van der Waals surface area contributed by atoms with Crippen molar-refractivity contribution in [1.82, 2.24) is 28.7 Å². The van der Waals surface area contributed by atoms with Crippen LogP contribution in [0, 0.1) is 0 Å². The number of pyridine rings is 1. The first-order valence-corrected chi connectivity index (χ1v) is 21.3. The van der Waals surface area contributed by atoms with Gasteiger partial charge in [0.05, 0.1) is 44.3 Å². The molecule has 63 heavy (non-hydrogen) atoms. The quantitative estimate of drug-likeness (QED) is 0.168. The maximum atomic E-state index is 5.24. The lowest BCUT2D eigenvalue weighted by molar-refractivity contribution is 1.05. The molecule has 6 heteroatoms. The minimum absolute atomic E-state index is 0.692. The zero-order valence-corrected chi connectivity index (χ0v) is 34.0. The van der Waals surface area contributed by atoms with Gasteiger partial charge in [-0.25, -0.2) is 9.97 Å². The molecule has 13 aromatic rings. The monoisotopic (exact) mass is 804 g/mol. The average molecular weight is 805 g/mol. The second kappa shape index (κ2) is 14.0. The van der Waals surface area contributed by atoms with E-state index in [2.05, 4.69) is 196 Å². The number of hydrogen-bond acceptors (Lipinski definition) is 3. The van der Waals surface area contributed by atoms with Gasteiger partial charge >= 0.3 is 0 Å². The Balaban J connectivity index is 0.957. The molecule has 0 aliphatic carbocycles. The standard InChI is InChI=1S/C57H36N6/c1-3-14-37(15-4-1)48-36-55(60-57(59-48)38-16-5-2-6-17-38)63-50-22-11-8-19-44(50)47-34-39(26-32-52(47)63)40-25-31-45-43-18-7-10-21-49(43)62(54(45)35-40)42-29-27-41(28-30-42)61-51-23-12-9-20-46(51)56-53(61)24-13-33-58-56/h1-36H. The highest BCUT2D eigenvalue weighted by Crippen LogP contribution is 2.39. The molecule has 0 bridgehead atoms. The first-order valence-electron chi connectivity index (χ1n) is 21.3. The predicted octanol–water partition coefficient (Wildman–Crippen LogP) is 14.2. The molecule has 5 heterocycles. The summed E-state index contributed by atoms with van der Waals surface area (Å²) in [4.78, 5) is 15.1. The van der Waals surface area contributed by atoms with Gasteiger partial charge in [-0.1, -0.05) is 133 Å². The van der Waals surface area contributed by atoms with E-state index in [0.29, 0.717) is 5.82 Å². The zero-order valence-electron chi connectivity index (χ0n) is 34.0. The lowest BCUT2D eigenvalue weighted by Crippen LogP contribution is -2.02. The summed E-state index contributed by atoms with van der Waals surface area (Å²) >= 11 is 0. The molecule has 294 valence electrons. The molecule has 0 amide bonds. The summed E-state index contributed by atoms with van der Waals surface area (Å²) in [6.07, 6.45) is 1.87. The van der Waals surface area contributed by atoms with Crippen molar-refractivity contribution in [3.05, 3.63) is 219 Å². The number of aromatic nitrogens is 6. The van der Waals surface area contributed by atoms with E-state index in [1.54, 1.807) is 0 Å². The van der Waals surface area contributed by atoms with Gasteiger partial charge in [0.1, 0.15) is 5.82 Å². The second-order valence-corrected chi connectivity index (χ2v) is 16.1. The molecule has 0 saturated carbocycles. The molecular weight excluding hydrogens is 769 g/mol. The van der Waals surface area contributed by atoms with Gasteiger partial charge in [0.25, 0.3) is 0 Å². The van der Waals surface area contributed by atoms with Crippen LogP contribution in [0.1, 0.15) is 0 Å². The molecule has 5 aromatic heterocycles. The van der Waals surface area contributed by atoms with Crippen LogP contribution in [0.25, 0.3) is 117 Å². The molecule has 0 atom stereocenters. The van der Waals surface area contributed by atoms with Crippen LogP contribution in [0.15, 0.2) is 219 Å². The molecule has 13 rings (SSSR count). The smallest absolute Gasteiger partial charge is 0.162 e. The summed E-state index contributed by atoms with van der Waals surface area (Å²) < 4.78 is 7.00. The van der Waals surface area contributed by atoms with Gasteiger partial charge in [-0.05, 0) is 83.9 Å². The van der Waals surface area contributed by atoms with Crippen LogP contribution in [0.2, 0.25) is 0 Å². The Morgan fingerprint density at radius 1 is 0.302 bits per heavy atom. The molecule has 0 radical (unpaired) electrons. The summed E-state index contributed by atoms with van der Waals surface area (Å²) in [6.45, 7) is 0. The van der Waals surface area contributed by atoms with Crippen LogP contribution >= 0.6 is 0 Å². The van der Waals surface area contributed by atoms with E-state index in [-0.39, 0.29) is 0 Å². The lowest BCUT2D eigenvalue weighted by Gasteiger charge is -2.13. The number of rotatable bonds is 6. The Morgan fingerprint density at radius 3 is 1.56 bits per heavy atom. The van der Waals surface area contributed by atoms with Crippen molar-refractivity contribution in [2.24, 2.45) is 0 Å². The van der Waals surface area contributed by atoms with E-state index in [1.807, 2.05) is 36.5 Å². The summed E-state index contributed by atoms with van der Waals surface area (Å²) in [7, 11) is 0. The minimum atomic E-state index is 0.692. The first-order chi connectivity index (χ1) is 31.2. The first kappa shape index (κ1) is 35.2. The highest BCUT2D eigenvalue weighted by molar-refractivity contribution is 6.13. The van der Waals surface area contributed by atoms with Crippen LogP contribution in [0.4, 0.5) is 0 Å². The molecule has 0 unspecified atom stereocenters. The van der Waals surface area contributed by atoms with Gasteiger partial charge in [-0.2, -0.15) is 0 Å². The SMILES string of the molecule is c1ccc(-c2cc(-n3c4ccccc4c4cc(-c5ccc6c7ccccc7n(-c7ccc(-n8c9ccccc9c9ncccc98)cc7)c6c5)ccc43)nc(-c3ccccc3)n2)cc1. The van der Waals surface area contributed by atoms with Crippen molar-refractivity contribution >= 4 is 65.5 Å². The predicted molar refractivity (Wildman–Crippen MR) is 259 cm³/mol. The van der Waals surface area contributed by atoms with Crippen molar-refractivity contribution in [2.45, 2.75) is 0 Å². The normalized spacial score (nSPS) is 11.8. The third-order valence-electron chi connectivity index (χ3n) is 12.5. The van der Waals surface area contributed by atoms with Gasteiger partial charge in [0, 0.05) is 61.7 Å². The lowest BCUT2D eigenvalue weighted by atomic mass is 10.0. The largest absolute Gasteiger partial charge is 0.309 e. The van der Waals surface area contributed by atoms with Gasteiger partial charge in [-0.3, -0.25) is 9.55 Å². The minimum Gasteiger partial charge on any atom is -0.309 e. The topological polar surface area (TPSA) is 53.5 Å². The highest BCUT2D eigenvalue weighted by Gasteiger charge is 2.19. The molecule has 0 saturated heterocycles. The number of nitrogens with zero attached hydrogens (tertiary/aromatic N) is 6. The van der Waals surface area contributed by atoms with Gasteiger partial charge in [-0.15, -0.1) is 0 Å². The Bertz CT molecular complexity index is 3790. The van der Waals surface area contributed by atoms with E-state index < -0.39 is 0 Å². The van der Waals surface area contributed by atoms with E-state index in [9.17, 15) is 0 Å². The third-order valence-corrected chi connectivity index (χ3v) is 12.5. The highest BCUT2D eigenvalue weighted by atomic mass is 15.1. The van der Waals surface area contributed by atoms with Crippen molar-refractivity contribution in [3.8, 4) is 51.0 Å².